The number of benzene rings is 2. The van der Waals surface area contributed by atoms with Crippen molar-refractivity contribution in [2.24, 2.45) is 10.9 Å². The number of nitrogens with zero attached hydrogens (tertiary/aromatic N) is 1. The minimum atomic E-state index is -1.14. The van der Waals surface area contributed by atoms with Gasteiger partial charge < -0.3 is 15.7 Å². The van der Waals surface area contributed by atoms with Gasteiger partial charge >= 0.3 is 0 Å². The molecule has 4 nitrogen and oxygen atoms in total. The van der Waals surface area contributed by atoms with Crippen LogP contribution in [-0.4, -0.2) is 11.0 Å². The molecule has 7 heteroatoms. The lowest BCUT2D eigenvalue weighted by atomic mass is 10.2. The van der Waals surface area contributed by atoms with Crippen LogP contribution in [0.5, 0.6) is 11.5 Å². The summed E-state index contributed by atoms with van der Waals surface area (Å²) in [5.74, 6) is -2.72. The average Bonchev–Trinajstić information content (AvgIpc) is 2.43. The van der Waals surface area contributed by atoms with Crippen molar-refractivity contribution in [1.29, 1.82) is 0 Å². The van der Waals surface area contributed by atoms with E-state index in [0.29, 0.717) is 5.02 Å². The van der Waals surface area contributed by atoms with Gasteiger partial charge in [-0.2, -0.15) is 4.39 Å². The molecule has 3 N–H and O–H groups in total. The van der Waals surface area contributed by atoms with Crippen LogP contribution in [0, 0.1) is 11.6 Å². The van der Waals surface area contributed by atoms with E-state index in [9.17, 15) is 8.78 Å². The highest BCUT2D eigenvalue weighted by Gasteiger charge is 2.14. The number of oxime groups is 1. The smallest absolute Gasteiger partial charge is 0.201 e. The second kappa shape index (κ2) is 5.75. The van der Waals surface area contributed by atoms with Gasteiger partial charge in [0, 0.05) is 11.1 Å². The summed E-state index contributed by atoms with van der Waals surface area (Å²) < 4.78 is 31.9. The molecule has 0 heterocycles. The number of amidine groups is 1. The second-order valence-electron chi connectivity index (χ2n) is 3.78. The zero-order valence-electron chi connectivity index (χ0n) is 9.98. The minimum Gasteiger partial charge on any atom is -0.453 e. The molecule has 0 unspecified atom stereocenters. The Morgan fingerprint density at radius 1 is 1.20 bits per heavy atom. The molecule has 0 aliphatic heterocycles. The van der Waals surface area contributed by atoms with E-state index in [4.69, 9.17) is 27.3 Å². The van der Waals surface area contributed by atoms with Crippen LogP contribution in [0.1, 0.15) is 5.56 Å². The van der Waals surface area contributed by atoms with Crippen molar-refractivity contribution in [2.75, 3.05) is 0 Å². The maximum absolute atomic E-state index is 13.6. The van der Waals surface area contributed by atoms with E-state index in [1.807, 2.05) is 0 Å². The van der Waals surface area contributed by atoms with Gasteiger partial charge in [0.1, 0.15) is 5.75 Å². The number of hydrogen-bond donors (Lipinski definition) is 2. The fraction of sp³-hybridized carbons (Fsp3) is 0. The quantitative estimate of drug-likeness (QED) is 0.394. The van der Waals surface area contributed by atoms with Crippen LogP contribution in [0.15, 0.2) is 41.6 Å². The van der Waals surface area contributed by atoms with Crippen molar-refractivity contribution < 1.29 is 18.7 Å². The Hall–Kier alpha value is -2.34. The summed E-state index contributed by atoms with van der Waals surface area (Å²) in [5, 5.41) is 11.8. The third-order valence-corrected chi connectivity index (χ3v) is 2.70. The van der Waals surface area contributed by atoms with E-state index in [1.54, 1.807) is 0 Å². The van der Waals surface area contributed by atoms with E-state index >= 15 is 0 Å². The average molecular weight is 299 g/mol. The number of rotatable bonds is 3. The molecular weight excluding hydrogens is 290 g/mol. The fourth-order valence-corrected chi connectivity index (χ4v) is 1.69. The van der Waals surface area contributed by atoms with Gasteiger partial charge in [-0.3, -0.25) is 0 Å². The lowest BCUT2D eigenvalue weighted by molar-refractivity contribution is 0.318. The number of halogens is 3. The molecule has 2 aromatic rings. The zero-order chi connectivity index (χ0) is 14.7. The second-order valence-corrected chi connectivity index (χ2v) is 4.22. The Kier molecular flexibility index (Phi) is 4.05. The van der Waals surface area contributed by atoms with Gasteiger partial charge in [-0.15, -0.1) is 0 Å². The lowest BCUT2D eigenvalue weighted by Gasteiger charge is -2.11. The van der Waals surface area contributed by atoms with Gasteiger partial charge in [-0.25, -0.2) is 4.39 Å². The third-order valence-electron chi connectivity index (χ3n) is 2.46. The monoisotopic (exact) mass is 298 g/mol. The van der Waals surface area contributed by atoms with Crippen LogP contribution in [0.2, 0.25) is 5.02 Å². The van der Waals surface area contributed by atoms with Gasteiger partial charge in [0.2, 0.25) is 5.82 Å². The van der Waals surface area contributed by atoms with Gasteiger partial charge in [0.15, 0.2) is 17.4 Å². The number of hydrogen-bond acceptors (Lipinski definition) is 3. The molecule has 0 spiro atoms. The molecule has 2 aromatic carbocycles. The largest absolute Gasteiger partial charge is 0.453 e. The maximum Gasteiger partial charge on any atom is 0.201 e. The molecule has 104 valence electrons. The zero-order valence-corrected chi connectivity index (χ0v) is 10.7. The highest BCUT2D eigenvalue weighted by atomic mass is 35.5. The van der Waals surface area contributed by atoms with Crippen molar-refractivity contribution in [3.05, 3.63) is 58.6 Å². The van der Waals surface area contributed by atoms with E-state index in [0.717, 1.165) is 6.07 Å². The van der Waals surface area contributed by atoms with Crippen LogP contribution in [0.4, 0.5) is 8.78 Å². The SMILES string of the molecule is NC(=NO)c1ccc(Cl)cc1Oc1cccc(F)c1F. The maximum atomic E-state index is 13.6. The number of nitrogens with two attached hydrogens (primary N) is 1. The highest BCUT2D eigenvalue weighted by molar-refractivity contribution is 6.30. The molecule has 0 fully saturated rings. The first-order valence-electron chi connectivity index (χ1n) is 5.42. The van der Waals surface area contributed by atoms with Crippen LogP contribution >= 0.6 is 11.6 Å². The van der Waals surface area contributed by atoms with Crippen LogP contribution in [-0.2, 0) is 0 Å². The molecule has 0 aromatic heterocycles. The van der Waals surface area contributed by atoms with Crippen molar-refractivity contribution in [1.82, 2.24) is 0 Å². The van der Waals surface area contributed by atoms with Gasteiger partial charge in [0.05, 0.1) is 5.56 Å². The van der Waals surface area contributed by atoms with Gasteiger partial charge in [-0.1, -0.05) is 22.8 Å². The molecule has 0 amide bonds. The summed E-state index contributed by atoms with van der Waals surface area (Å²) in [5.41, 5.74) is 5.67. The summed E-state index contributed by atoms with van der Waals surface area (Å²) in [7, 11) is 0. The molecule has 0 radical (unpaired) electrons. The summed E-state index contributed by atoms with van der Waals surface area (Å²) in [6.07, 6.45) is 0. The van der Waals surface area contributed by atoms with E-state index < -0.39 is 11.6 Å². The Labute approximate surface area is 118 Å². The van der Waals surface area contributed by atoms with Crippen LogP contribution < -0.4 is 10.5 Å². The van der Waals surface area contributed by atoms with Crippen molar-refractivity contribution in [2.45, 2.75) is 0 Å². The third kappa shape index (κ3) is 2.80. The number of ether oxygens (including phenoxy) is 1. The van der Waals surface area contributed by atoms with Crippen molar-refractivity contribution in [3.8, 4) is 11.5 Å². The Morgan fingerprint density at radius 2 is 1.95 bits per heavy atom. The van der Waals surface area contributed by atoms with Crippen LogP contribution in [0.3, 0.4) is 0 Å². The van der Waals surface area contributed by atoms with Gasteiger partial charge in [-0.05, 0) is 24.3 Å². The molecule has 0 aliphatic rings. The fourth-order valence-electron chi connectivity index (χ4n) is 1.53. The molecule has 0 saturated heterocycles. The van der Waals surface area contributed by atoms with E-state index in [-0.39, 0.29) is 22.9 Å². The summed E-state index contributed by atoms with van der Waals surface area (Å²) >= 11 is 5.81. The molecule has 20 heavy (non-hydrogen) atoms. The molecule has 0 saturated carbocycles. The van der Waals surface area contributed by atoms with E-state index in [2.05, 4.69) is 5.16 Å². The molecule has 0 aliphatic carbocycles. The molecule has 2 rings (SSSR count). The first kappa shape index (κ1) is 14.1. The summed E-state index contributed by atoms with van der Waals surface area (Å²) in [6.45, 7) is 0. The topological polar surface area (TPSA) is 67.8 Å². The van der Waals surface area contributed by atoms with Crippen LogP contribution in [0.25, 0.3) is 0 Å². The first-order chi connectivity index (χ1) is 9.52. The van der Waals surface area contributed by atoms with Crippen molar-refractivity contribution in [3.63, 3.8) is 0 Å². The Balaban J connectivity index is 2.47. The predicted octanol–water partition coefficient (Wildman–Crippen LogP) is 3.51. The first-order valence-corrected chi connectivity index (χ1v) is 5.80. The molecule has 0 bridgehead atoms. The molecule has 0 atom stereocenters. The Morgan fingerprint density at radius 3 is 2.65 bits per heavy atom. The normalized spacial score (nSPS) is 11.4. The standard InChI is InChI=1S/C13H9ClF2N2O2/c14-7-4-5-8(13(17)18-19)11(6-7)20-10-3-1-2-9(15)12(10)16/h1-6,19H,(H2,17,18). The van der Waals surface area contributed by atoms with Crippen molar-refractivity contribution >= 4 is 17.4 Å². The highest BCUT2D eigenvalue weighted by Crippen LogP contribution is 2.30. The van der Waals surface area contributed by atoms with E-state index in [1.165, 1.54) is 30.3 Å². The molecular formula is C13H9ClF2N2O2. The minimum absolute atomic E-state index is 0.0392. The lowest BCUT2D eigenvalue weighted by Crippen LogP contribution is -2.14. The summed E-state index contributed by atoms with van der Waals surface area (Å²) in [6, 6.07) is 7.77. The van der Waals surface area contributed by atoms with Gasteiger partial charge in [0.25, 0.3) is 0 Å². The Bertz CT molecular complexity index is 677. The predicted molar refractivity (Wildman–Crippen MR) is 70.4 cm³/mol. The summed E-state index contributed by atoms with van der Waals surface area (Å²) in [4.78, 5) is 0.